The van der Waals surface area contributed by atoms with Gasteiger partial charge < -0.3 is 9.88 Å². The number of nitrogens with zero attached hydrogens (tertiary/aromatic N) is 2. The lowest BCUT2D eigenvalue weighted by atomic mass is 9.96. The average molecular weight is 438 g/mol. The number of pyridine rings is 1. The molecule has 0 spiro atoms. The topological polar surface area (TPSA) is 90.5 Å². The molecule has 1 N–H and O–H groups in total. The summed E-state index contributed by atoms with van der Waals surface area (Å²) in [5.41, 5.74) is 2.54. The maximum absolute atomic E-state index is 13.2. The van der Waals surface area contributed by atoms with Gasteiger partial charge in [-0.3, -0.25) is 9.59 Å². The lowest BCUT2D eigenvalue weighted by Gasteiger charge is -2.32. The van der Waals surface area contributed by atoms with Crippen LogP contribution in [0.15, 0.2) is 64.3 Å². The van der Waals surface area contributed by atoms with Crippen LogP contribution >= 0.6 is 0 Å². The van der Waals surface area contributed by atoms with E-state index in [1.54, 1.807) is 18.2 Å². The van der Waals surface area contributed by atoms with Crippen LogP contribution in [0, 0.1) is 5.92 Å². The average Bonchev–Trinajstić information content (AvgIpc) is 3.22. The number of piperidine rings is 1. The van der Waals surface area contributed by atoms with Crippen molar-refractivity contribution in [3.05, 3.63) is 70.5 Å². The lowest BCUT2D eigenvalue weighted by Crippen LogP contribution is -2.44. The number of rotatable bonds is 3. The number of hydrogen-bond donors (Lipinski definition) is 1. The van der Waals surface area contributed by atoms with Crippen molar-refractivity contribution in [2.45, 2.75) is 24.2 Å². The minimum absolute atomic E-state index is 0.0941. The van der Waals surface area contributed by atoms with Gasteiger partial charge in [0.25, 0.3) is 0 Å². The molecule has 0 bridgehead atoms. The van der Waals surface area contributed by atoms with Crippen molar-refractivity contribution in [1.82, 2.24) is 9.29 Å². The molecule has 0 radical (unpaired) electrons. The van der Waals surface area contributed by atoms with E-state index in [4.69, 9.17) is 0 Å². The molecule has 0 aliphatic carbocycles. The summed E-state index contributed by atoms with van der Waals surface area (Å²) in [6, 6.07) is 15.7. The van der Waals surface area contributed by atoms with E-state index in [0.29, 0.717) is 43.4 Å². The van der Waals surface area contributed by atoms with Crippen LogP contribution in [-0.4, -0.2) is 43.2 Å². The van der Waals surface area contributed by atoms with E-state index < -0.39 is 10.0 Å². The monoisotopic (exact) mass is 437 g/mol. The molecule has 2 aliphatic rings. The van der Waals surface area contributed by atoms with Gasteiger partial charge in [0.15, 0.2) is 0 Å². The molecule has 3 heterocycles. The summed E-state index contributed by atoms with van der Waals surface area (Å²) >= 11 is 0. The van der Waals surface area contributed by atoms with Gasteiger partial charge in [-0.05, 0) is 60.5 Å². The maximum Gasteiger partial charge on any atom is 0.248 e. The van der Waals surface area contributed by atoms with Gasteiger partial charge in [-0.2, -0.15) is 4.31 Å². The van der Waals surface area contributed by atoms with Crippen molar-refractivity contribution < 1.29 is 13.2 Å². The van der Waals surface area contributed by atoms with Crippen molar-refractivity contribution in [3.8, 4) is 0 Å². The molecule has 1 fully saturated rings. The second kappa shape index (κ2) is 7.62. The Hall–Kier alpha value is -2.97. The highest BCUT2D eigenvalue weighted by atomic mass is 32.2. The van der Waals surface area contributed by atoms with Gasteiger partial charge in [-0.25, -0.2) is 8.42 Å². The summed E-state index contributed by atoms with van der Waals surface area (Å²) in [7, 11) is -3.66. The SMILES string of the molecule is O=C(C1CCN(S(=O)(=O)c2ccc3[nH]c(=O)ccc3c2)CC1)N1CCc2ccccc21. The number of carbonyl (C=O) groups is 1. The lowest BCUT2D eigenvalue weighted by molar-refractivity contribution is -0.123. The number of benzene rings is 2. The molecular weight excluding hydrogens is 414 g/mol. The van der Waals surface area contributed by atoms with Crippen molar-refractivity contribution in [3.63, 3.8) is 0 Å². The zero-order valence-corrected chi connectivity index (χ0v) is 17.8. The highest BCUT2D eigenvalue weighted by Gasteiger charge is 2.35. The quantitative estimate of drug-likeness (QED) is 0.682. The highest BCUT2D eigenvalue weighted by Crippen LogP contribution is 2.32. The number of H-pyrrole nitrogens is 1. The van der Waals surface area contributed by atoms with E-state index in [0.717, 1.165) is 12.1 Å². The number of fused-ring (bicyclic) bond motifs is 2. The fourth-order valence-electron chi connectivity index (χ4n) is 4.57. The number of carbonyl (C=O) groups excluding carboxylic acids is 1. The van der Waals surface area contributed by atoms with Crippen molar-refractivity contribution >= 4 is 32.5 Å². The minimum Gasteiger partial charge on any atom is -0.322 e. The van der Waals surface area contributed by atoms with E-state index in [1.165, 1.54) is 22.0 Å². The van der Waals surface area contributed by atoms with Crippen molar-refractivity contribution in [1.29, 1.82) is 0 Å². The fourth-order valence-corrected chi connectivity index (χ4v) is 6.08. The highest BCUT2D eigenvalue weighted by molar-refractivity contribution is 7.89. The number of aromatic nitrogens is 1. The number of para-hydroxylation sites is 1. The molecule has 160 valence electrons. The minimum atomic E-state index is -3.66. The van der Waals surface area contributed by atoms with Crippen LogP contribution in [0.1, 0.15) is 18.4 Å². The van der Waals surface area contributed by atoms with Crippen LogP contribution in [-0.2, 0) is 21.2 Å². The van der Waals surface area contributed by atoms with E-state index >= 15 is 0 Å². The number of anilines is 1. The Kier molecular flexibility index (Phi) is 4.91. The van der Waals surface area contributed by atoms with Crippen molar-refractivity contribution in [2.75, 3.05) is 24.5 Å². The Morgan fingerprint density at radius 2 is 1.74 bits per heavy atom. The van der Waals surface area contributed by atoms with Crippen LogP contribution < -0.4 is 10.5 Å². The molecule has 0 saturated carbocycles. The molecule has 1 saturated heterocycles. The summed E-state index contributed by atoms with van der Waals surface area (Å²) in [6.07, 6.45) is 1.89. The Morgan fingerprint density at radius 1 is 0.968 bits per heavy atom. The van der Waals surface area contributed by atoms with Gasteiger partial charge in [0.2, 0.25) is 21.5 Å². The molecule has 7 nitrogen and oxygen atoms in total. The molecule has 1 aromatic heterocycles. The van der Waals surface area contributed by atoms with Crippen LogP contribution in [0.5, 0.6) is 0 Å². The standard InChI is InChI=1S/C23H23N3O4S/c27-22-8-5-18-15-19(6-7-20(18)24-22)31(29,30)25-12-9-17(10-13-25)23(28)26-14-11-16-3-1-2-4-21(16)26/h1-8,15,17H,9-14H2,(H,24,27). The van der Waals surface area contributed by atoms with Crippen LogP contribution in [0.3, 0.4) is 0 Å². The predicted octanol–water partition coefficient (Wildman–Crippen LogP) is 2.52. The third-order valence-corrected chi connectivity index (χ3v) is 8.18. The Labute approximate surface area is 180 Å². The van der Waals surface area contributed by atoms with Crippen molar-refractivity contribution in [2.24, 2.45) is 5.92 Å². The zero-order valence-electron chi connectivity index (χ0n) is 17.0. The Balaban J connectivity index is 1.30. The molecular formula is C23H23N3O4S. The summed E-state index contributed by atoms with van der Waals surface area (Å²) in [4.78, 5) is 29.3. The van der Waals surface area contributed by atoms with Crippen LogP contribution in [0.4, 0.5) is 5.69 Å². The van der Waals surface area contributed by atoms with Gasteiger partial charge in [0, 0.05) is 42.8 Å². The number of amides is 1. The first-order valence-electron chi connectivity index (χ1n) is 10.5. The summed E-state index contributed by atoms with van der Waals surface area (Å²) in [5, 5.41) is 0.665. The maximum atomic E-state index is 13.2. The number of sulfonamides is 1. The first-order chi connectivity index (χ1) is 14.9. The molecule has 8 heteroatoms. The second-order valence-corrected chi connectivity index (χ2v) is 10.1. The fraction of sp³-hybridized carbons (Fsp3) is 0.304. The van der Waals surface area contributed by atoms with E-state index in [1.807, 2.05) is 23.1 Å². The molecule has 5 rings (SSSR count). The molecule has 3 aromatic rings. The number of nitrogens with one attached hydrogen (secondary N) is 1. The van der Waals surface area contributed by atoms with Gasteiger partial charge in [0.05, 0.1) is 4.90 Å². The van der Waals surface area contributed by atoms with E-state index in [-0.39, 0.29) is 22.3 Å². The summed E-state index contributed by atoms with van der Waals surface area (Å²) in [5.74, 6) is -0.0732. The van der Waals surface area contributed by atoms with Gasteiger partial charge >= 0.3 is 0 Å². The second-order valence-electron chi connectivity index (χ2n) is 8.12. The van der Waals surface area contributed by atoms with Crippen LogP contribution in [0.25, 0.3) is 10.9 Å². The zero-order chi connectivity index (χ0) is 21.6. The number of aromatic amines is 1. The largest absolute Gasteiger partial charge is 0.322 e. The van der Waals surface area contributed by atoms with Gasteiger partial charge in [0.1, 0.15) is 0 Å². The summed E-state index contributed by atoms with van der Waals surface area (Å²) < 4.78 is 27.8. The Bertz CT molecular complexity index is 1320. The van der Waals surface area contributed by atoms with Crippen LogP contribution in [0.2, 0.25) is 0 Å². The molecule has 2 aliphatic heterocycles. The third kappa shape index (κ3) is 3.55. The van der Waals surface area contributed by atoms with E-state index in [2.05, 4.69) is 11.1 Å². The smallest absolute Gasteiger partial charge is 0.248 e. The van der Waals surface area contributed by atoms with Gasteiger partial charge in [-0.15, -0.1) is 0 Å². The summed E-state index contributed by atoms with van der Waals surface area (Å²) in [6.45, 7) is 1.33. The first-order valence-corrected chi connectivity index (χ1v) is 11.9. The van der Waals surface area contributed by atoms with Gasteiger partial charge in [-0.1, -0.05) is 18.2 Å². The predicted molar refractivity (Wildman–Crippen MR) is 119 cm³/mol. The Morgan fingerprint density at radius 3 is 2.55 bits per heavy atom. The molecule has 0 atom stereocenters. The molecule has 31 heavy (non-hydrogen) atoms. The third-order valence-electron chi connectivity index (χ3n) is 6.29. The molecule has 1 amide bonds. The molecule has 2 aromatic carbocycles. The first kappa shape index (κ1) is 20.0. The molecule has 0 unspecified atom stereocenters. The number of hydrogen-bond acceptors (Lipinski definition) is 4. The van der Waals surface area contributed by atoms with E-state index in [9.17, 15) is 18.0 Å². The normalized spacial score (nSPS) is 17.7.